The van der Waals surface area contributed by atoms with Gasteiger partial charge in [0.05, 0.1) is 21.2 Å². The number of rotatable bonds is 10. The van der Waals surface area contributed by atoms with Gasteiger partial charge in [0, 0.05) is 37.0 Å². The standard InChI is InChI=1S/C30H34N4O3S3/c1-2-3-4-11-20-33-29(35)27(39-30(33)38)21-24-22-34(25-12-7-5-8-13-25)31-28(24)23-14-16-26(17-15-23)40(36,37)32-18-9-6-10-19-32/h5,7-8,12-17,21-22H,2-4,6,9-11,18-20H2,1H3. The van der Waals surface area contributed by atoms with Crippen LogP contribution < -0.4 is 0 Å². The van der Waals surface area contributed by atoms with Crippen molar-refractivity contribution in [3.63, 3.8) is 0 Å². The second kappa shape index (κ2) is 12.8. The lowest BCUT2D eigenvalue weighted by atomic mass is 10.1. The highest BCUT2D eigenvalue weighted by molar-refractivity contribution is 8.26. The molecule has 2 aliphatic rings. The summed E-state index contributed by atoms with van der Waals surface area (Å²) in [4.78, 5) is 15.8. The van der Waals surface area contributed by atoms with Crippen LogP contribution in [-0.2, 0) is 14.8 Å². The van der Waals surface area contributed by atoms with E-state index < -0.39 is 10.0 Å². The van der Waals surface area contributed by atoms with Crippen LogP contribution in [0.4, 0.5) is 0 Å². The summed E-state index contributed by atoms with van der Waals surface area (Å²) in [6, 6.07) is 16.7. The quantitative estimate of drug-likeness (QED) is 0.152. The number of sulfonamides is 1. The smallest absolute Gasteiger partial charge is 0.266 e. The molecule has 1 amide bonds. The van der Waals surface area contributed by atoms with Crippen LogP contribution in [-0.4, -0.2) is 57.3 Å². The average molecular weight is 595 g/mol. The zero-order chi connectivity index (χ0) is 28.1. The molecule has 5 rings (SSSR count). The fourth-order valence-electron chi connectivity index (χ4n) is 5.00. The Kier molecular flexibility index (Phi) is 9.20. The minimum atomic E-state index is -3.53. The highest BCUT2D eigenvalue weighted by Crippen LogP contribution is 2.35. The maximum atomic E-state index is 13.3. The molecular weight excluding hydrogens is 561 g/mol. The first-order valence-corrected chi connectivity index (χ1v) is 16.6. The van der Waals surface area contributed by atoms with E-state index in [0.717, 1.165) is 61.8 Å². The Balaban J connectivity index is 1.46. The van der Waals surface area contributed by atoms with Crippen LogP contribution >= 0.6 is 24.0 Å². The summed E-state index contributed by atoms with van der Waals surface area (Å²) in [6.07, 6.45) is 10.9. The fraction of sp³-hybridized carbons (Fsp3) is 0.367. The Bertz CT molecular complexity index is 1490. The number of para-hydroxylation sites is 1. The van der Waals surface area contributed by atoms with E-state index >= 15 is 0 Å². The average Bonchev–Trinajstić information content (AvgIpc) is 3.52. The molecule has 0 unspecified atom stereocenters. The Labute approximate surface area is 246 Å². The van der Waals surface area contributed by atoms with Gasteiger partial charge in [0.2, 0.25) is 10.0 Å². The van der Waals surface area contributed by atoms with E-state index in [2.05, 4.69) is 6.92 Å². The summed E-state index contributed by atoms with van der Waals surface area (Å²) in [5.74, 6) is -0.0760. The van der Waals surface area contributed by atoms with Gasteiger partial charge in [0.1, 0.15) is 4.32 Å². The van der Waals surface area contributed by atoms with Gasteiger partial charge in [-0.05, 0) is 49.6 Å². The summed E-state index contributed by atoms with van der Waals surface area (Å²) in [5.41, 5.74) is 3.09. The summed E-state index contributed by atoms with van der Waals surface area (Å²) in [5, 5.41) is 4.85. The van der Waals surface area contributed by atoms with E-state index in [9.17, 15) is 13.2 Å². The van der Waals surface area contributed by atoms with Crippen LogP contribution in [0.3, 0.4) is 0 Å². The number of thioether (sulfide) groups is 1. The van der Waals surface area contributed by atoms with E-state index in [1.54, 1.807) is 38.2 Å². The Morgan fingerprint density at radius 2 is 1.70 bits per heavy atom. The first-order valence-electron chi connectivity index (χ1n) is 13.9. The maximum Gasteiger partial charge on any atom is 0.266 e. The first kappa shape index (κ1) is 28.7. The van der Waals surface area contributed by atoms with Crippen LogP contribution in [0, 0.1) is 0 Å². The van der Waals surface area contributed by atoms with Gasteiger partial charge in [-0.3, -0.25) is 9.69 Å². The molecule has 0 bridgehead atoms. The molecule has 0 saturated carbocycles. The van der Waals surface area contributed by atoms with E-state index in [1.807, 2.05) is 42.6 Å². The first-order chi connectivity index (χ1) is 19.4. The monoisotopic (exact) mass is 594 g/mol. The van der Waals surface area contributed by atoms with Crippen molar-refractivity contribution < 1.29 is 13.2 Å². The molecule has 2 fully saturated rings. The number of nitrogens with zero attached hydrogens (tertiary/aromatic N) is 4. The highest BCUT2D eigenvalue weighted by Gasteiger charge is 2.32. The van der Waals surface area contributed by atoms with Crippen molar-refractivity contribution in [1.29, 1.82) is 0 Å². The minimum absolute atomic E-state index is 0.0760. The van der Waals surface area contributed by atoms with Crippen LogP contribution in [0.1, 0.15) is 57.4 Å². The van der Waals surface area contributed by atoms with Gasteiger partial charge in [-0.25, -0.2) is 13.1 Å². The molecule has 40 heavy (non-hydrogen) atoms. The third kappa shape index (κ3) is 6.25. The van der Waals surface area contributed by atoms with Gasteiger partial charge in [0.15, 0.2) is 0 Å². The molecule has 7 nitrogen and oxygen atoms in total. The fourth-order valence-corrected chi connectivity index (χ4v) is 7.82. The van der Waals surface area contributed by atoms with Crippen LogP contribution in [0.25, 0.3) is 23.0 Å². The van der Waals surface area contributed by atoms with Crippen molar-refractivity contribution in [1.82, 2.24) is 19.0 Å². The Hall–Kier alpha value is -2.79. The summed E-state index contributed by atoms with van der Waals surface area (Å²) < 4.78 is 30.3. The van der Waals surface area contributed by atoms with E-state index in [0.29, 0.717) is 34.6 Å². The largest absolute Gasteiger partial charge is 0.293 e. The molecule has 0 radical (unpaired) electrons. The van der Waals surface area contributed by atoms with Crippen molar-refractivity contribution >= 4 is 50.3 Å². The SMILES string of the molecule is CCCCCCN1C(=O)C(=Cc2cn(-c3ccccc3)nc2-c2ccc(S(=O)(=O)N3CCCCC3)cc2)SC1=S. The lowest BCUT2D eigenvalue weighted by Crippen LogP contribution is -2.35. The second-order valence-corrected chi connectivity index (χ2v) is 13.7. The van der Waals surface area contributed by atoms with Gasteiger partial charge in [-0.15, -0.1) is 0 Å². The summed E-state index contributed by atoms with van der Waals surface area (Å²) in [6.45, 7) is 3.92. The third-order valence-corrected chi connectivity index (χ3v) is 10.5. The number of thiocarbonyl (C=S) groups is 1. The van der Waals surface area contributed by atoms with Crippen molar-refractivity contribution in [3.05, 3.63) is 71.3 Å². The Morgan fingerprint density at radius 1 is 0.975 bits per heavy atom. The van der Waals surface area contributed by atoms with Crippen molar-refractivity contribution in [3.8, 4) is 16.9 Å². The summed E-state index contributed by atoms with van der Waals surface area (Å²) in [7, 11) is -3.53. The predicted molar refractivity (Wildman–Crippen MR) is 166 cm³/mol. The second-order valence-electron chi connectivity index (χ2n) is 10.1. The van der Waals surface area contributed by atoms with Gasteiger partial charge in [0.25, 0.3) is 5.91 Å². The number of carbonyl (C=O) groups excluding carboxylic acids is 1. The zero-order valence-corrected chi connectivity index (χ0v) is 25.1. The third-order valence-electron chi connectivity index (χ3n) is 7.24. The number of aromatic nitrogens is 2. The van der Waals surface area contributed by atoms with Gasteiger partial charge >= 0.3 is 0 Å². The number of unbranched alkanes of at least 4 members (excludes halogenated alkanes) is 3. The lowest BCUT2D eigenvalue weighted by Gasteiger charge is -2.25. The number of hydrogen-bond donors (Lipinski definition) is 0. The molecule has 0 atom stereocenters. The molecule has 0 N–H and O–H groups in total. The normalized spacial score (nSPS) is 17.7. The Morgan fingerprint density at radius 3 is 2.40 bits per heavy atom. The molecule has 2 aliphatic heterocycles. The molecule has 3 aromatic rings. The number of carbonyl (C=O) groups is 1. The van der Waals surface area contributed by atoms with Crippen LogP contribution in [0.5, 0.6) is 0 Å². The van der Waals surface area contributed by atoms with E-state index in [1.165, 1.54) is 11.8 Å². The molecule has 10 heteroatoms. The number of hydrogen-bond acceptors (Lipinski definition) is 6. The molecule has 2 saturated heterocycles. The van der Waals surface area contributed by atoms with Crippen molar-refractivity contribution in [2.24, 2.45) is 0 Å². The lowest BCUT2D eigenvalue weighted by molar-refractivity contribution is -0.122. The van der Waals surface area contributed by atoms with Crippen LogP contribution in [0.2, 0.25) is 0 Å². The maximum absolute atomic E-state index is 13.3. The van der Waals surface area contributed by atoms with Gasteiger partial charge in [-0.1, -0.05) is 86.9 Å². The molecule has 1 aromatic heterocycles. The van der Waals surface area contributed by atoms with E-state index in [4.69, 9.17) is 17.3 Å². The molecule has 0 spiro atoms. The topological polar surface area (TPSA) is 75.5 Å². The summed E-state index contributed by atoms with van der Waals surface area (Å²) >= 11 is 6.86. The molecule has 0 aliphatic carbocycles. The number of benzene rings is 2. The van der Waals surface area contributed by atoms with Crippen molar-refractivity contribution in [2.75, 3.05) is 19.6 Å². The molecule has 210 valence electrons. The van der Waals surface area contributed by atoms with E-state index in [-0.39, 0.29) is 10.8 Å². The van der Waals surface area contributed by atoms with Crippen LogP contribution in [0.15, 0.2) is 70.6 Å². The minimum Gasteiger partial charge on any atom is -0.293 e. The highest BCUT2D eigenvalue weighted by atomic mass is 32.2. The zero-order valence-electron chi connectivity index (χ0n) is 22.7. The molecular formula is C30H34N4O3S3. The van der Waals surface area contributed by atoms with Gasteiger partial charge in [-0.2, -0.15) is 9.40 Å². The van der Waals surface area contributed by atoms with Crippen molar-refractivity contribution in [2.45, 2.75) is 56.8 Å². The molecule has 3 heterocycles. The molecule has 2 aromatic carbocycles. The number of amides is 1. The van der Waals surface area contributed by atoms with Gasteiger partial charge < -0.3 is 0 Å². The predicted octanol–water partition coefficient (Wildman–Crippen LogP) is 6.50. The number of piperidine rings is 1.